The summed E-state index contributed by atoms with van der Waals surface area (Å²) in [5, 5.41) is 11.5. The van der Waals surface area contributed by atoms with Crippen molar-refractivity contribution in [2.75, 3.05) is 6.54 Å². The minimum absolute atomic E-state index is 0.0700. The summed E-state index contributed by atoms with van der Waals surface area (Å²) in [6.07, 6.45) is 0.710. The number of nitrogens with one attached hydrogen (secondary N) is 1. The van der Waals surface area contributed by atoms with Crippen molar-refractivity contribution < 1.29 is 14.7 Å². The van der Waals surface area contributed by atoms with Crippen LogP contribution in [-0.2, 0) is 9.59 Å². The Bertz CT molecular complexity index is 202. The molecule has 1 amide bonds. The summed E-state index contributed by atoms with van der Waals surface area (Å²) in [6, 6.07) is 0. The zero-order valence-electron chi connectivity index (χ0n) is 9.04. The van der Waals surface area contributed by atoms with E-state index in [1.54, 1.807) is 0 Å². The molecule has 4 heteroatoms. The van der Waals surface area contributed by atoms with Gasteiger partial charge in [-0.3, -0.25) is 9.59 Å². The Labute approximate surface area is 84.7 Å². The van der Waals surface area contributed by atoms with Crippen molar-refractivity contribution in [1.29, 1.82) is 0 Å². The molecule has 1 atom stereocenters. The van der Waals surface area contributed by atoms with Gasteiger partial charge < -0.3 is 10.4 Å². The number of carboxylic acids is 1. The SMILES string of the molecule is CCNC(=O)CCC(C(=O)O)C(C)C. The molecule has 0 saturated heterocycles. The van der Waals surface area contributed by atoms with Crippen LogP contribution in [0.2, 0.25) is 0 Å². The third-order valence-corrected chi connectivity index (χ3v) is 2.18. The second-order valence-corrected chi connectivity index (χ2v) is 3.68. The van der Waals surface area contributed by atoms with Crippen LogP contribution in [-0.4, -0.2) is 23.5 Å². The van der Waals surface area contributed by atoms with Crippen molar-refractivity contribution >= 4 is 11.9 Å². The van der Waals surface area contributed by atoms with Crippen LogP contribution < -0.4 is 5.32 Å². The molecule has 1 unspecified atom stereocenters. The Morgan fingerprint density at radius 3 is 2.29 bits per heavy atom. The predicted octanol–water partition coefficient (Wildman–Crippen LogP) is 1.26. The molecule has 0 aromatic rings. The summed E-state index contributed by atoms with van der Waals surface area (Å²) in [7, 11) is 0. The van der Waals surface area contributed by atoms with Crippen molar-refractivity contribution in [3.05, 3.63) is 0 Å². The molecule has 0 aliphatic rings. The Morgan fingerprint density at radius 2 is 1.93 bits per heavy atom. The summed E-state index contributed by atoms with van der Waals surface area (Å²) < 4.78 is 0. The van der Waals surface area contributed by atoms with Crippen molar-refractivity contribution in [2.24, 2.45) is 11.8 Å². The van der Waals surface area contributed by atoms with Crippen LogP contribution >= 0.6 is 0 Å². The first-order valence-electron chi connectivity index (χ1n) is 4.98. The van der Waals surface area contributed by atoms with E-state index >= 15 is 0 Å². The van der Waals surface area contributed by atoms with Gasteiger partial charge >= 0.3 is 5.97 Å². The minimum atomic E-state index is -0.815. The van der Waals surface area contributed by atoms with E-state index in [9.17, 15) is 9.59 Å². The van der Waals surface area contributed by atoms with E-state index in [2.05, 4.69) is 5.32 Å². The van der Waals surface area contributed by atoms with Crippen LogP contribution in [0.5, 0.6) is 0 Å². The topological polar surface area (TPSA) is 66.4 Å². The van der Waals surface area contributed by atoms with E-state index < -0.39 is 11.9 Å². The molecule has 2 N–H and O–H groups in total. The molecule has 0 radical (unpaired) electrons. The molecular weight excluding hydrogens is 182 g/mol. The molecule has 0 spiro atoms. The largest absolute Gasteiger partial charge is 0.481 e. The fourth-order valence-corrected chi connectivity index (χ4v) is 1.31. The van der Waals surface area contributed by atoms with Gasteiger partial charge in [-0.05, 0) is 19.3 Å². The lowest BCUT2D eigenvalue weighted by atomic mass is 9.91. The molecule has 0 aromatic carbocycles. The lowest BCUT2D eigenvalue weighted by Crippen LogP contribution is -2.26. The number of carbonyl (C=O) groups is 2. The Kier molecular flexibility index (Phi) is 5.92. The lowest BCUT2D eigenvalue weighted by Gasteiger charge is -2.15. The van der Waals surface area contributed by atoms with Gasteiger partial charge in [0.25, 0.3) is 0 Å². The molecule has 0 saturated carbocycles. The van der Waals surface area contributed by atoms with Gasteiger partial charge in [-0.1, -0.05) is 13.8 Å². The van der Waals surface area contributed by atoms with Crippen LogP contribution in [0, 0.1) is 11.8 Å². The fraction of sp³-hybridized carbons (Fsp3) is 0.800. The van der Waals surface area contributed by atoms with Gasteiger partial charge in [0.1, 0.15) is 0 Å². The monoisotopic (exact) mass is 201 g/mol. The first-order valence-corrected chi connectivity index (χ1v) is 4.98. The summed E-state index contributed by atoms with van der Waals surface area (Å²) in [5.74, 6) is -1.23. The van der Waals surface area contributed by atoms with E-state index in [0.29, 0.717) is 19.4 Å². The van der Waals surface area contributed by atoms with E-state index in [1.807, 2.05) is 20.8 Å². The minimum Gasteiger partial charge on any atom is -0.481 e. The normalized spacial score (nSPS) is 12.6. The number of hydrogen-bond acceptors (Lipinski definition) is 2. The second-order valence-electron chi connectivity index (χ2n) is 3.68. The molecule has 0 heterocycles. The van der Waals surface area contributed by atoms with Gasteiger partial charge in [-0.25, -0.2) is 0 Å². The zero-order valence-corrected chi connectivity index (χ0v) is 9.04. The second kappa shape index (κ2) is 6.40. The number of hydrogen-bond donors (Lipinski definition) is 2. The van der Waals surface area contributed by atoms with Crippen molar-refractivity contribution in [2.45, 2.75) is 33.6 Å². The molecule has 0 rings (SSSR count). The number of rotatable bonds is 6. The zero-order chi connectivity index (χ0) is 11.1. The molecule has 0 aliphatic carbocycles. The predicted molar refractivity (Wildman–Crippen MR) is 53.9 cm³/mol. The van der Waals surface area contributed by atoms with Gasteiger partial charge in [0.05, 0.1) is 5.92 Å². The molecule has 0 aliphatic heterocycles. The van der Waals surface area contributed by atoms with Crippen molar-refractivity contribution in [1.82, 2.24) is 5.32 Å². The third kappa shape index (κ3) is 4.84. The quantitative estimate of drug-likeness (QED) is 0.680. The number of aliphatic carboxylic acids is 1. The molecule has 14 heavy (non-hydrogen) atoms. The van der Waals surface area contributed by atoms with E-state index in [0.717, 1.165) is 0 Å². The third-order valence-electron chi connectivity index (χ3n) is 2.18. The van der Waals surface area contributed by atoms with Crippen LogP contribution in [0.15, 0.2) is 0 Å². The number of carboxylic acid groups (broad SMARTS) is 1. The maximum absolute atomic E-state index is 11.1. The highest BCUT2D eigenvalue weighted by atomic mass is 16.4. The maximum atomic E-state index is 11.1. The van der Waals surface area contributed by atoms with E-state index in [4.69, 9.17) is 5.11 Å². The molecule has 0 fully saturated rings. The average Bonchev–Trinajstić information content (AvgIpc) is 2.03. The maximum Gasteiger partial charge on any atom is 0.306 e. The van der Waals surface area contributed by atoms with Crippen molar-refractivity contribution in [3.63, 3.8) is 0 Å². The highest BCUT2D eigenvalue weighted by Gasteiger charge is 2.21. The molecule has 0 aromatic heterocycles. The summed E-state index contributed by atoms with van der Waals surface area (Å²) in [6.45, 7) is 6.15. The van der Waals surface area contributed by atoms with Crippen LogP contribution in [0.25, 0.3) is 0 Å². The molecule has 0 bridgehead atoms. The standard InChI is InChI=1S/C10H19NO3/c1-4-11-9(12)6-5-8(7(2)3)10(13)14/h7-8H,4-6H2,1-3H3,(H,11,12)(H,13,14). The summed E-state index contributed by atoms with van der Waals surface area (Å²) in [5.41, 5.74) is 0. The highest BCUT2D eigenvalue weighted by Crippen LogP contribution is 2.17. The number of amides is 1. The molecular formula is C10H19NO3. The lowest BCUT2D eigenvalue weighted by molar-refractivity contribution is -0.143. The molecule has 4 nitrogen and oxygen atoms in total. The first kappa shape index (κ1) is 12.9. The van der Waals surface area contributed by atoms with Gasteiger partial charge in [0, 0.05) is 13.0 Å². The fourth-order valence-electron chi connectivity index (χ4n) is 1.31. The number of carbonyl (C=O) groups excluding carboxylic acids is 1. The van der Waals surface area contributed by atoms with Gasteiger partial charge in [0.2, 0.25) is 5.91 Å². The summed E-state index contributed by atoms with van der Waals surface area (Å²) in [4.78, 5) is 21.9. The Hall–Kier alpha value is -1.06. The Morgan fingerprint density at radius 1 is 1.36 bits per heavy atom. The molecule has 82 valence electrons. The van der Waals surface area contributed by atoms with E-state index in [1.165, 1.54) is 0 Å². The van der Waals surface area contributed by atoms with E-state index in [-0.39, 0.29) is 11.8 Å². The van der Waals surface area contributed by atoms with Gasteiger partial charge in [-0.15, -0.1) is 0 Å². The van der Waals surface area contributed by atoms with Crippen molar-refractivity contribution in [3.8, 4) is 0 Å². The Balaban J connectivity index is 3.94. The average molecular weight is 201 g/mol. The van der Waals surface area contributed by atoms with Crippen LogP contribution in [0.3, 0.4) is 0 Å². The van der Waals surface area contributed by atoms with Crippen LogP contribution in [0.1, 0.15) is 33.6 Å². The smallest absolute Gasteiger partial charge is 0.306 e. The first-order chi connectivity index (χ1) is 6.49. The van der Waals surface area contributed by atoms with Crippen LogP contribution in [0.4, 0.5) is 0 Å². The summed E-state index contributed by atoms with van der Waals surface area (Å²) >= 11 is 0. The highest BCUT2D eigenvalue weighted by molar-refractivity contribution is 5.77. The van der Waals surface area contributed by atoms with Gasteiger partial charge in [0.15, 0.2) is 0 Å². The van der Waals surface area contributed by atoms with Gasteiger partial charge in [-0.2, -0.15) is 0 Å².